The second-order valence-electron chi connectivity index (χ2n) is 8.99. The molecule has 1 aliphatic heterocycles. The van der Waals surface area contributed by atoms with Crippen molar-refractivity contribution in [3.63, 3.8) is 0 Å². The predicted molar refractivity (Wildman–Crippen MR) is 119 cm³/mol. The Balaban J connectivity index is 1.53. The first-order valence-electron chi connectivity index (χ1n) is 11.3. The van der Waals surface area contributed by atoms with E-state index in [1.807, 2.05) is 12.1 Å². The van der Waals surface area contributed by atoms with E-state index in [4.69, 9.17) is 10.5 Å². The molecule has 4 rings (SSSR count). The third-order valence-corrected chi connectivity index (χ3v) is 6.83. The number of carbonyl (C=O) groups excluding carboxylic acids is 2. The molecule has 0 bridgehead atoms. The lowest BCUT2D eigenvalue weighted by Gasteiger charge is -2.32. The molecule has 1 atom stereocenters. The van der Waals surface area contributed by atoms with Gasteiger partial charge < -0.3 is 15.8 Å². The van der Waals surface area contributed by atoms with Crippen molar-refractivity contribution in [1.82, 2.24) is 9.78 Å². The van der Waals surface area contributed by atoms with Crippen molar-refractivity contribution < 1.29 is 14.3 Å². The number of anilines is 1. The van der Waals surface area contributed by atoms with E-state index in [-0.39, 0.29) is 17.5 Å². The minimum Gasteiger partial charge on any atom is -0.381 e. The first kappa shape index (κ1) is 21.6. The minimum absolute atomic E-state index is 0.121. The van der Waals surface area contributed by atoms with Crippen LogP contribution in [0.4, 0.5) is 5.69 Å². The number of nitrogens with zero attached hydrogens (tertiary/aromatic N) is 2. The maximum absolute atomic E-state index is 13.4. The van der Waals surface area contributed by atoms with Crippen LogP contribution in [0.25, 0.3) is 0 Å². The van der Waals surface area contributed by atoms with E-state index in [0.717, 1.165) is 57.4 Å². The summed E-state index contributed by atoms with van der Waals surface area (Å²) < 4.78 is 6.97. The van der Waals surface area contributed by atoms with Crippen LogP contribution >= 0.6 is 0 Å². The highest BCUT2D eigenvalue weighted by atomic mass is 16.5. The molecule has 3 N–H and O–H groups in total. The number of aromatic nitrogens is 2. The van der Waals surface area contributed by atoms with Crippen LogP contribution in [0.1, 0.15) is 73.5 Å². The van der Waals surface area contributed by atoms with Crippen LogP contribution in [-0.2, 0) is 9.53 Å². The molecule has 2 aliphatic rings. The van der Waals surface area contributed by atoms with Crippen molar-refractivity contribution in [1.29, 1.82) is 0 Å². The zero-order valence-corrected chi connectivity index (χ0v) is 18.1. The fourth-order valence-electron chi connectivity index (χ4n) is 4.94. The van der Waals surface area contributed by atoms with Gasteiger partial charge in [0.2, 0.25) is 5.91 Å². The molecule has 2 aromatic rings. The van der Waals surface area contributed by atoms with Gasteiger partial charge in [0.25, 0.3) is 5.91 Å². The van der Waals surface area contributed by atoms with Crippen molar-refractivity contribution in [2.45, 2.75) is 57.4 Å². The molecule has 2 amide bonds. The third kappa shape index (κ3) is 4.98. The quantitative estimate of drug-likeness (QED) is 0.735. The number of nitrogens with one attached hydrogen (secondary N) is 1. The molecule has 0 unspecified atom stereocenters. The molecule has 1 aromatic heterocycles. The van der Waals surface area contributed by atoms with Gasteiger partial charge in [-0.25, -0.2) is 4.68 Å². The number of ether oxygens (including phenoxy) is 1. The van der Waals surface area contributed by atoms with Crippen LogP contribution in [0.3, 0.4) is 0 Å². The van der Waals surface area contributed by atoms with Gasteiger partial charge in [0, 0.05) is 25.1 Å². The van der Waals surface area contributed by atoms with E-state index in [1.54, 1.807) is 6.07 Å². The summed E-state index contributed by atoms with van der Waals surface area (Å²) >= 11 is 0. The summed E-state index contributed by atoms with van der Waals surface area (Å²) in [6.07, 6.45) is 7.60. The Labute approximate surface area is 183 Å². The normalized spacial score (nSPS) is 23.3. The lowest BCUT2D eigenvalue weighted by Crippen LogP contribution is -2.36. The third-order valence-electron chi connectivity index (χ3n) is 6.83. The fourth-order valence-corrected chi connectivity index (χ4v) is 4.94. The topological polar surface area (TPSA) is 99.2 Å². The number of primary amides is 1. The zero-order chi connectivity index (χ0) is 21.8. The van der Waals surface area contributed by atoms with Crippen molar-refractivity contribution in [3.05, 3.63) is 47.8 Å². The van der Waals surface area contributed by atoms with Crippen LogP contribution in [-0.4, -0.2) is 34.8 Å². The van der Waals surface area contributed by atoms with Gasteiger partial charge in [-0.2, -0.15) is 5.10 Å². The number of rotatable bonds is 6. The predicted octanol–water partition coefficient (Wildman–Crippen LogP) is 3.88. The number of benzene rings is 1. The van der Waals surface area contributed by atoms with Crippen LogP contribution in [0.2, 0.25) is 0 Å². The lowest BCUT2D eigenvalue weighted by molar-refractivity contribution is -0.121. The molecule has 1 aromatic carbocycles. The number of amides is 2. The molecule has 166 valence electrons. The molecule has 1 aliphatic carbocycles. The number of nitrogens with two attached hydrogens (primary N) is 1. The van der Waals surface area contributed by atoms with Gasteiger partial charge in [-0.3, -0.25) is 9.59 Å². The first-order valence-corrected chi connectivity index (χ1v) is 11.3. The molecule has 2 heterocycles. The summed E-state index contributed by atoms with van der Waals surface area (Å²) in [7, 11) is 0. The summed E-state index contributed by atoms with van der Waals surface area (Å²) in [5, 5.41) is 7.37. The monoisotopic (exact) mass is 424 g/mol. The molecule has 0 spiro atoms. The lowest BCUT2D eigenvalue weighted by atomic mass is 9.79. The van der Waals surface area contributed by atoms with Crippen LogP contribution < -0.4 is 11.1 Å². The molecule has 1 saturated carbocycles. The summed E-state index contributed by atoms with van der Waals surface area (Å²) in [6.45, 7) is 3.85. The standard InChI is InChI=1S/C24H32N4O3/c1-16-2-4-19(5-3-16)22(28-21(23(25)29)10-13-26-28)24(30)27-20-8-6-17(7-9-20)18-11-14-31-15-12-18/h6-10,13,16,18-19,22H,2-5,11-12,14-15H2,1H3,(H2,25,29)(H,27,30)/t16?,19?,22-/m0/s1. The Bertz CT molecular complexity index is 894. The Kier molecular flexibility index (Phi) is 6.70. The summed E-state index contributed by atoms with van der Waals surface area (Å²) in [5.74, 6) is 0.573. The Morgan fingerprint density at radius 2 is 1.74 bits per heavy atom. The minimum atomic E-state index is -0.569. The van der Waals surface area contributed by atoms with E-state index < -0.39 is 11.9 Å². The molecule has 0 radical (unpaired) electrons. The van der Waals surface area contributed by atoms with E-state index >= 15 is 0 Å². The zero-order valence-electron chi connectivity index (χ0n) is 18.1. The van der Waals surface area contributed by atoms with Crippen LogP contribution in [0.15, 0.2) is 36.5 Å². The second-order valence-corrected chi connectivity index (χ2v) is 8.99. The highest BCUT2D eigenvalue weighted by Crippen LogP contribution is 2.36. The average molecular weight is 425 g/mol. The highest BCUT2D eigenvalue weighted by molar-refractivity contribution is 5.96. The average Bonchev–Trinajstić information content (AvgIpc) is 3.26. The number of hydrogen-bond donors (Lipinski definition) is 2. The van der Waals surface area contributed by atoms with E-state index in [2.05, 4.69) is 29.5 Å². The Hall–Kier alpha value is -2.67. The molecule has 7 nitrogen and oxygen atoms in total. The highest BCUT2D eigenvalue weighted by Gasteiger charge is 2.35. The van der Waals surface area contributed by atoms with E-state index in [1.165, 1.54) is 16.4 Å². The largest absolute Gasteiger partial charge is 0.381 e. The van der Waals surface area contributed by atoms with Crippen LogP contribution in [0.5, 0.6) is 0 Å². The summed E-state index contributed by atoms with van der Waals surface area (Å²) in [4.78, 5) is 25.3. The van der Waals surface area contributed by atoms with E-state index in [0.29, 0.717) is 11.8 Å². The summed E-state index contributed by atoms with van der Waals surface area (Å²) in [5.41, 5.74) is 7.85. The number of carbonyl (C=O) groups is 2. The van der Waals surface area contributed by atoms with Gasteiger partial charge in [0.1, 0.15) is 11.7 Å². The Morgan fingerprint density at radius 1 is 1.06 bits per heavy atom. The molecule has 7 heteroatoms. The number of hydrogen-bond acceptors (Lipinski definition) is 4. The van der Waals surface area contributed by atoms with Gasteiger partial charge in [-0.15, -0.1) is 0 Å². The van der Waals surface area contributed by atoms with Crippen LogP contribution in [0, 0.1) is 11.8 Å². The molecule has 31 heavy (non-hydrogen) atoms. The van der Waals surface area contributed by atoms with Crippen molar-refractivity contribution in [2.24, 2.45) is 17.6 Å². The molecular formula is C24H32N4O3. The fraction of sp³-hybridized carbons (Fsp3) is 0.542. The maximum atomic E-state index is 13.4. The van der Waals surface area contributed by atoms with Gasteiger partial charge in [0.15, 0.2) is 0 Å². The van der Waals surface area contributed by atoms with Gasteiger partial charge in [-0.05, 0) is 67.2 Å². The van der Waals surface area contributed by atoms with Gasteiger partial charge >= 0.3 is 0 Å². The summed E-state index contributed by atoms with van der Waals surface area (Å²) in [6, 6.07) is 9.12. The SMILES string of the molecule is CC1CCC([C@@H](C(=O)Nc2ccc(C3CCOCC3)cc2)n2nccc2C(N)=O)CC1. The van der Waals surface area contributed by atoms with Crippen molar-refractivity contribution in [2.75, 3.05) is 18.5 Å². The Morgan fingerprint density at radius 3 is 2.39 bits per heavy atom. The first-order chi connectivity index (χ1) is 15.0. The van der Waals surface area contributed by atoms with Crippen molar-refractivity contribution in [3.8, 4) is 0 Å². The van der Waals surface area contributed by atoms with Gasteiger partial charge in [-0.1, -0.05) is 31.9 Å². The molecule has 1 saturated heterocycles. The second kappa shape index (κ2) is 9.64. The maximum Gasteiger partial charge on any atom is 0.267 e. The van der Waals surface area contributed by atoms with Crippen molar-refractivity contribution >= 4 is 17.5 Å². The molecule has 2 fully saturated rings. The smallest absolute Gasteiger partial charge is 0.267 e. The van der Waals surface area contributed by atoms with E-state index in [9.17, 15) is 9.59 Å². The molecular weight excluding hydrogens is 392 g/mol. The van der Waals surface area contributed by atoms with Gasteiger partial charge in [0.05, 0.1) is 0 Å².